The van der Waals surface area contributed by atoms with Crippen molar-refractivity contribution in [3.63, 3.8) is 0 Å². The second-order valence-corrected chi connectivity index (χ2v) is 3.85. The second-order valence-electron chi connectivity index (χ2n) is 3.85. The van der Waals surface area contributed by atoms with Gasteiger partial charge in [-0.1, -0.05) is 12.8 Å². The molecule has 0 heterocycles. The topological polar surface area (TPSA) is 12.0 Å². The van der Waals surface area contributed by atoms with Crippen molar-refractivity contribution in [1.29, 1.82) is 0 Å². The van der Waals surface area contributed by atoms with E-state index >= 15 is 0 Å². The van der Waals surface area contributed by atoms with Crippen LogP contribution in [0.15, 0.2) is 0 Å². The number of hydrogen-bond donors (Lipinski definition) is 1. The van der Waals surface area contributed by atoms with E-state index in [0.29, 0.717) is 6.04 Å². The van der Waals surface area contributed by atoms with Crippen molar-refractivity contribution >= 4 is 0 Å². The normalized spacial score (nSPS) is 39.0. The highest BCUT2D eigenvalue weighted by molar-refractivity contribution is 4.89. The van der Waals surface area contributed by atoms with Gasteiger partial charge in [0.2, 0.25) is 0 Å². The van der Waals surface area contributed by atoms with Crippen molar-refractivity contribution < 1.29 is 4.39 Å². The zero-order chi connectivity index (χ0) is 7.68. The molecule has 0 radical (unpaired) electrons. The molecule has 1 N–H and O–H groups in total. The van der Waals surface area contributed by atoms with E-state index in [4.69, 9.17) is 0 Å². The molecule has 0 spiro atoms. The average Bonchev–Trinajstić information content (AvgIpc) is 2.78. The summed E-state index contributed by atoms with van der Waals surface area (Å²) in [4.78, 5) is 0. The predicted octanol–water partition coefficient (Wildman–Crippen LogP) is 2.02. The third-order valence-electron chi connectivity index (χ3n) is 2.71. The third kappa shape index (κ3) is 1.92. The van der Waals surface area contributed by atoms with Crippen molar-refractivity contribution in [2.75, 3.05) is 0 Å². The Labute approximate surface area is 67.4 Å². The maximum absolute atomic E-state index is 13.2. The van der Waals surface area contributed by atoms with E-state index in [1.54, 1.807) is 0 Å². The van der Waals surface area contributed by atoms with Gasteiger partial charge in [-0.05, 0) is 25.7 Å². The Hall–Kier alpha value is -0.110. The standard InChI is InChI=1S/C9H16FN/c10-8-3-1-2-4-9(8)11-7-5-6-7/h7-9,11H,1-6H2. The second kappa shape index (κ2) is 3.10. The quantitative estimate of drug-likeness (QED) is 0.646. The summed E-state index contributed by atoms with van der Waals surface area (Å²) in [5.41, 5.74) is 0. The molecule has 0 bridgehead atoms. The fraction of sp³-hybridized carbons (Fsp3) is 1.00. The molecule has 64 valence electrons. The van der Waals surface area contributed by atoms with Gasteiger partial charge in [0.05, 0.1) is 0 Å². The Morgan fingerprint density at radius 2 is 1.73 bits per heavy atom. The van der Waals surface area contributed by atoms with Crippen molar-refractivity contribution in [2.24, 2.45) is 0 Å². The van der Waals surface area contributed by atoms with Crippen LogP contribution in [0.25, 0.3) is 0 Å². The molecule has 2 rings (SSSR count). The van der Waals surface area contributed by atoms with Crippen LogP contribution in [0.1, 0.15) is 38.5 Å². The molecule has 2 heteroatoms. The predicted molar refractivity (Wildman–Crippen MR) is 43.3 cm³/mol. The third-order valence-corrected chi connectivity index (χ3v) is 2.71. The van der Waals surface area contributed by atoms with Crippen LogP contribution >= 0.6 is 0 Å². The van der Waals surface area contributed by atoms with Gasteiger partial charge in [0.1, 0.15) is 6.17 Å². The lowest BCUT2D eigenvalue weighted by atomic mass is 9.93. The minimum atomic E-state index is -0.565. The van der Waals surface area contributed by atoms with Crippen LogP contribution in [0, 0.1) is 0 Å². The molecule has 2 saturated carbocycles. The maximum Gasteiger partial charge on any atom is 0.115 e. The number of rotatable bonds is 2. The van der Waals surface area contributed by atoms with Gasteiger partial charge in [0.15, 0.2) is 0 Å². The van der Waals surface area contributed by atoms with Crippen LogP contribution in [-0.4, -0.2) is 18.3 Å². The van der Waals surface area contributed by atoms with Crippen molar-refractivity contribution in [3.05, 3.63) is 0 Å². The van der Waals surface area contributed by atoms with Gasteiger partial charge in [-0.15, -0.1) is 0 Å². The number of halogens is 1. The van der Waals surface area contributed by atoms with Gasteiger partial charge in [-0.25, -0.2) is 4.39 Å². The number of hydrogen-bond acceptors (Lipinski definition) is 1. The molecular formula is C9H16FN. The zero-order valence-electron chi connectivity index (χ0n) is 6.85. The molecule has 2 atom stereocenters. The van der Waals surface area contributed by atoms with Gasteiger partial charge < -0.3 is 5.32 Å². The summed E-state index contributed by atoms with van der Waals surface area (Å²) in [6.45, 7) is 0. The molecule has 0 saturated heterocycles. The van der Waals surface area contributed by atoms with E-state index in [0.717, 1.165) is 19.3 Å². The minimum absolute atomic E-state index is 0.191. The first-order valence-electron chi connectivity index (χ1n) is 4.76. The van der Waals surface area contributed by atoms with Gasteiger partial charge in [-0.2, -0.15) is 0 Å². The summed E-state index contributed by atoms with van der Waals surface area (Å²) in [5.74, 6) is 0. The zero-order valence-corrected chi connectivity index (χ0v) is 6.85. The van der Waals surface area contributed by atoms with E-state index in [-0.39, 0.29) is 6.04 Å². The first-order valence-corrected chi connectivity index (χ1v) is 4.76. The van der Waals surface area contributed by atoms with E-state index in [1.165, 1.54) is 19.3 Å². The van der Waals surface area contributed by atoms with Crippen molar-refractivity contribution in [2.45, 2.75) is 56.8 Å². The van der Waals surface area contributed by atoms with Crippen LogP contribution in [0.3, 0.4) is 0 Å². The largest absolute Gasteiger partial charge is 0.308 e. The fourth-order valence-corrected chi connectivity index (χ4v) is 1.83. The van der Waals surface area contributed by atoms with Gasteiger partial charge >= 0.3 is 0 Å². The summed E-state index contributed by atoms with van der Waals surface area (Å²) in [6, 6.07) is 0.854. The first-order chi connectivity index (χ1) is 5.36. The van der Waals surface area contributed by atoms with Crippen LogP contribution < -0.4 is 5.32 Å². The van der Waals surface area contributed by atoms with E-state index < -0.39 is 6.17 Å². The minimum Gasteiger partial charge on any atom is -0.308 e. The SMILES string of the molecule is FC1CCCCC1NC1CC1. The first kappa shape index (κ1) is 7.53. The van der Waals surface area contributed by atoms with Crippen LogP contribution in [0.4, 0.5) is 4.39 Å². The molecule has 11 heavy (non-hydrogen) atoms. The lowest BCUT2D eigenvalue weighted by Crippen LogP contribution is -2.40. The Morgan fingerprint density at radius 1 is 1.00 bits per heavy atom. The lowest BCUT2D eigenvalue weighted by molar-refractivity contribution is 0.188. The van der Waals surface area contributed by atoms with E-state index in [9.17, 15) is 4.39 Å². The van der Waals surface area contributed by atoms with E-state index in [2.05, 4.69) is 5.32 Å². The van der Waals surface area contributed by atoms with Crippen molar-refractivity contribution in [1.82, 2.24) is 5.32 Å². The Balaban J connectivity index is 1.78. The molecule has 0 aliphatic heterocycles. The summed E-state index contributed by atoms with van der Waals surface area (Å²) in [6.07, 6.45) is 6.10. The van der Waals surface area contributed by atoms with Crippen LogP contribution in [0.2, 0.25) is 0 Å². The molecule has 0 aromatic heterocycles. The monoisotopic (exact) mass is 157 g/mol. The lowest BCUT2D eigenvalue weighted by Gasteiger charge is -2.26. The van der Waals surface area contributed by atoms with E-state index in [1.807, 2.05) is 0 Å². The van der Waals surface area contributed by atoms with Gasteiger partial charge in [0.25, 0.3) is 0 Å². The van der Waals surface area contributed by atoms with Crippen LogP contribution in [-0.2, 0) is 0 Å². The Morgan fingerprint density at radius 3 is 2.36 bits per heavy atom. The summed E-state index contributed by atoms with van der Waals surface area (Å²) < 4.78 is 13.2. The molecule has 2 unspecified atom stereocenters. The van der Waals surface area contributed by atoms with Crippen molar-refractivity contribution in [3.8, 4) is 0 Å². The van der Waals surface area contributed by atoms with Gasteiger partial charge in [0, 0.05) is 12.1 Å². The highest BCUT2D eigenvalue weighted by atomic mass is 19.1. The number of alkyl halides is 1. The maximum atomic E-state index is 13.2. The highest BCUT2D eigenvalue weighted by Crippen LogP contribution is 2.26. The molecule has 2 aliphatic carbocycles. The molecule has 2 aliphatic rings. The van der Waals surface area contributed by atoms with Crippen LogP contribution in [0.5, 0.6) is 0 Å². The summed E-state index contributed by atoms with van der Waals surface area (Å²) in [5, 5.41) is 3.37. The Kier molecular flexibility index (Phi) is 2.12. The number of nitrogens with one attached hydrogen (secondary N) is 1. The summed E-state index contributed by atoms with van der Waals surface area (Å²) >= 11 is 0. The van der Waals surface area contributed by atoms with Gasteiger partial charge in [-0.3, -0.25) is 0 Å². The molecule has 1 nitrogen and oxygen atoms in total. The molecule has 2 fully saturated rings. The Bertz CT molecular complexity index is 134. The molecule has 0 amide bonds. The average molecular weight is 157 g/mol. The smallest absolute Gasteiger partial charge is 0.115 e. The summed E-state index contributed by atoms with van der Waals surface area (Å²) in [7, 11) is 0. The molecule has 0 aromatic rings. The molecular weight excluding hydrogens is 141 g/mol. The molecule has 0 aromatic carbocycles. The highest BCUT2D eigenvalue weighted by Gasteiger charge is 2.30. The fourth-order valence-electron chi connectivity index (χ4n) is 1.83.